The molecular weight excluding hydrogens is 443 g/mol. The van der Waals surface area contributed by atoms with Gasteiger partial charge in [0.1, 0.15) is 0 Å². The second-order valence-corrected chi connectivity index (χ2v) is 6.75. The van der Waals surface area contributed by atoms with Crippen LogP contribution in [-0.4, -0.2) is 39.7 Å². The number of halogens is 1. The number of para-hydroxylation sites is 1. The van der Waals surface area contributed by atoms with Crippen LogP contribution in [0.3, 0.4) is 0 Å². The van der Waals surface area contributed by atoms with Gasteiger partial charge in [-0.05, 0) is 42.8 Å². The lowest BCUT2D eigenvalue weighted by molar-refractivity contribution is 0.686. The van der Waals surface area contributed by atoms with E-state index in [2.05, 4.69) is 75.4 Å². The van der Waals surface area contributed by atoms with Gasteiger partial charge in [0.2, 0.25) is 0 Å². The van der Waals surface area contributed by atoms with E-state index in [1.165, 1.54) is 10.6 Å². The topological polar surface area (TPSA) is 39.7 Å². The maximum absolute atomic E-state index is 4.27. The number of guanidine groups is 1. The molecule has 0 atom stereocenters. The first-order chi connectivity index (χ1) is 11.8. The fraction of sp³-hybridized carbons (Fsp3) is 0.421. The number of nitrogens with zero attached hydrogens (tertiary/aromatic N) is 2. The van der Waals surface area contributed by atoms with E-state index in [-0.39, 0.29) is 24.0 Å². The Morgan fingerprint density at radius 1 is 1.04 bits per heavy atom. The van der Waals surface area contributed by atoms with Gasteiger partial charge in [-0.25, -0.2) is 0 Å². The summed E-state index contributed by atoms with van der Waals surface area (Å²) in [5.41, 5.74) is 1.27. The van der Waals surface area contributed by atoms with Gasteiger partial charge in [-0.3, -0.25) is 4.99 Å². The number of anilines is 1. The molecule has 0 fully saturated rings. The number of rotatable bonds is 9. The number of benzene rings is 1. The third kappa shape index (κ3) is 8.58. The standard InChI is InChI=1S/C19H28N4S.HI/c1-20-19(22-14-12-18-11-8-16-24-18)21-13-6-7-15-23(2)17-9-4-3-5-10-17;/h3-5,8-11,16H,6-7,12-15H2,1-2H3,(H2,20,21,22);1H. The van der Waals surface area contributed by atoms with E-state index in [4.69, 9.17) is 0 Å². The van der Waals surface area contributed by atoms with Crippen molar-refractivity contribution in [1.82, 2.24) is 10.6 Å². The molecule has 2 N–H and O–H groups in total. The van der Waals surface area contributed by atoms with Crippen LogP contribution in [-0.2, 0) is 6.42 Å². The van der Waals surface area contributed by atoms with Crippen LogP contribution in [0.5, 0.6) is 0 Å². The zero-order valence-corrected chi connectivity index (χ0v) is 18.2. The summed E-state index contributed by atoms with van der Waals surface area (Å²) in [4.78, 5) is 7.98. The van der Waals surface area contributed by atoms with Crippen molar-refractivity contribution in [2.45, 2.75) is 19.3 Å². The van der Waals surface area contributed by atoms with E-state index in [1.54, 1.807) is 11.3 Å². The van der Waals surface area contributed by atoms with Crippen molar-refractivity contribution >= 4 is 47.0 Å². The lowest BCUT2D eigenvalue weighted by Crippen LogP contribution is -2.38. The van der Waals surface area contributed by atoms with Crippen LogP contribution in [0.2, 0.25) is 0 Å². The van der Waals surface area contributed by atoms with E-state index >= 15 is 0 Å². The quantitative estimate of drug-likeness (QED) is 0.251. The van der Waals surface area contributed by atoms with Crippen LogP contribution in [0.25, 0.3) is 0 Å². The molecule has 1 heterocycles. The molecule has 6 heteroatoms. The third-order valence-corrected chi connectivity index (χ3v) is 4.81. The first-order valence-corrected chi connectivity index (χ1v) is 9.40. The number of nitrogens with one attached hydrogen (secondary N) is 2. The summed E-state index contributed by atoms with van der Waals surface area (Å²) in [6.07, 6.45) is 3.33. The molecule has 0 spiro atoms. The lowest BCUT2D eigenvalue weighted by Gasteiger charge is -2.19. The molecular formula is C19H29IN4S. The van der Waals surface area contributed by atoms with Gasteiger partial charge in [-0.1, -0.05) is 24.3 Å². The van der Waals surface area contributed by atoms with Crippen LogP contribution in [0.15, 0.2) is 52.8 Å². The Morgan fingerprint density at radius 2 is 1.80 bits per heavy atom. The maximum atomic E-state index is 4.27. The summed E-state index contributed by atoms with van der Waals surface area (Å²) < 4.78 is 0. The zero-order valence-electron chi connectivity index (χ0n) is 15.1. The smallest absolute Gasteiger partial charge is 0.190 e. The molecule has 0 aliphatic heterocycles. The highest BCUT2D eigenvalue weighted by atomic mass is 127. The van der Waals surface area contributed by atoms with Gasteiger partial charge in [0, 0.05) is 44.3 Å². The highest BCUT2D eigenvalue weighted by Gasteiger charge is 2.01. The summed E-state index contributed by atoms with van der Waals surface area (Å²) in [6.45, 7) is 2.92. The summed E-state index contributed by atoms with van der Waals surface area (Å²) in [6, 6.07) is 14.8. The molecule has 2 rings (SSSR count). The van der Waals surface area contributed by atoms with Crippen LogP contribution < -0.4 is 15.5 Å². The molecule has 2 aromatic rings. The second kappa shape index (κ2) is 13.0. The van der Waals surface area contributed by atoms with Gasteiger partial charge in [-0.15, -0.1) is 35.3 Å². The predicted molar refractivity (Wildman–Crippen MR) is 122 cm³/mol. The van der Waals surface area contributed by atoms with Crippen molar-refractivity contribution in [2.75, 3.05) is 38.6 Å². The van der Waals surface area contributed by atoms with Crippen molar-refractivity contribution < 1.29 is 0 Å². The molecule has 0 bridgehead atoms. The number of hydrogen-bond donors (Lipinski definition) is 2. The van der Waals surface area contributed by atoms with E-state index in [0.29, 0.717) is 0 Å². The monoisotopic (exact) mass is 472 g/mol. The van der Waals surface area contributed by atoms with Gasteiger partial charge in [0.25, 0.3) is 0 Å². The van der Waals surface area contributed by atoms with Gasteiger partial charge in [-0.2, -0.15) is 0 Å². The number of thiophene rings is 1. The summed E-state index contributed by atoms with van der Waals surface area (Å²) >= 11 is 1.80. The van der Waals surface area contributed by atoms with Gasteiger partial charge in [0.15, 0.2) is 5.96 Å². The Bertz CT molecular complexity index is 587. The second-order valence-electron chi connectivity index (χ2n) is 5.72. The van der Waals surface area contributed by atoms with Crippen molar-refractivity contribution in [3.05, 3.63) is 52.7 Å². The fourth-order valence-electron chi connectivity index (χ4n) is 2.47. The molecule has 0 unspecified atom stereocenters. The summed E-state index contributed by atoms with van der Waals surface area (Å²) in [5, 5.41) is 8.88. The van der Waals surface area contributed by atoms with Crippen LogP contribution in [0.1, 0.15) is 17.7 Å². The minimum absolute atomic E-state index is 0. The van der Waals surface area contributed by atoms with Crippen molar-refractivity contribution in [1.29, 1.82) is 0 Å². The molecule has 1 aromatic heterocycles. The molecule has 0 aliphatic carbocycles. The normalized spacial score (nSPS) is 10.9. The van der Waals surface area contributed by atoms with E-state index < -0.39 is 0 Å². The Morgan fingerprint density at radius 3 is 2.48 bits per heavy atom. The third-order valence-electron chi connectivity index (χ3n) is 3.88. The van der Waals surface area contributed by atoms with Gasteiger partial charge < -0.3 is 15.5 Å². The minimum atomic E-state index is 0. The first-order valence-electron chi connectivity index (χ1n) is 8.52. The molecule has 0 saturated carbocycles. The van der Waals surface area contributed by atoms with Crippen LogP contribution in [0, 0.1) is 0 Å². The molecule has 1 aromatic carbocycles. The first kappa shape index (κ1) is 21.8. The SMILES string of the molecule is CN=C(NCCCCN(C)c1ccccc1)NCCc1cccs1.I. The average molecular weight is 472 g/mol. The molecule has 0 saturated heterocycles. The number of hydrogen-bond acceptors (Lipinski definition) is 3. The Labute approximate surface area is 172 Å². The van der Waals surface area contributed by atoms with Crippen molar-refractivity contribution in [3.63, 3.8) is 0 Å². The molecule has 0 radical (unpaired) electrons. The Balaban J connectivity index is 0.00000312. The summed E-state index contributed by atoms with van der Waals surface area (Å²) in [7, 11) is 3.97. The van der Waals surface area contributed by atoms with Gasteiger partial charge in [0.05, 0.1) is 0 Å². The lowest BCUT2D eigenvalue weighted by atomic mass is 10.2. The molecule has 0 aliphatic rings. The van der Waals surface area contributed by atoms with E-state index in [9.17, 15) is 0 Å². The van der Waals surface area contributed by atoms with Crippen LogP contribution >= 0.6 is 35.3 Å². The zero-order chi connectivity index (χ0) is 17.0. The van der Waals surface area contributed by atoms with E-state index in [0.717, 1.165) is 44.9 Å². The van der Waals surface area contributed by atoms with Crippen molar-refractivity contribution in [2.24, 2.45) is 4.99 Å². The fourth-order valence-corrected chi connectivity index (χ4v) is 3.18. The minimum Gasteiger partial charge on any atom is -0.375 e. The average Bonchev–Trinajstić information content (AvgIpc) is 3.14. The van der Waals surface area contributed by atoms with Gasteiger partial charge >= 0.3 is 0 Å². The molecule has 4 nitrogen and oxygen atoms in total. The van der Waals surface area contributed by atoms with Crippen molar-refractivity contribution in [3.8, 4) is 0 Å². The molecule has 138 valence electrons. The maximum Gasteiger partial charge on any atom is 0.190 e. The summed E-state index contributed by atoms with van der Waals surface area (Å²) in [5.74, 6) is 0.892. The largest absolute Gasteiger partial charge is 0.375 e. The highest BCUT2D eigenvalue weighted by molar-refractivity contribution is 14.0. The molecule has 25 heavy (non-hydrogen) atoms. The highest BCUT2D eigenvalue weighted by Crippen LogP contribution is 2.11. The molecule has 0 amide bonds. The number of aliphatic imine (C=N–C) groups is 1. The number of unbranched alkanes of at least 4 members (excludes halogenated alkanes) is 1. The van der Waals surface area contributed by atoms with E-state index in [1.807, 2.05) is 7.05 Å². The van der Waals surface area contributed by atoms with Crippen LogP contribution in [0.4, 0.5) is 5.69 Å². The Hall–Kier alpha value is -1.28. The predicted octanol–water partition coefficient (Wildman–Crippen LogP) is 3.99. The Kier molecular flexibility index (Phi) is 11.3.